The summed E-state index contributed by atoms with van der Waals surface area (Å²) in [6, 6.07) is 7.47. The maximum absolute atomic E-state index is 11.8. The first-order valence-corrected chi connectivity index (χ1v) is 6.91. The van der Waals surface area contributed by atoms with Crippen LogP contribution in [0.3, 0.4) is 0 Å². The Labute approximate surface area is 125 Å². The Bertz CT molecular complexity index is 593. The van der Waals surface area contributed by atoms with Gasteiger partial charge >= 0.3 is 5.97 Å². The smallest absolute Gasteiger partial charge is 0.341 e. The van der Waals surface area contributed by atoms with Gasteiger partial charge in [-0.3, -0.25) is 4.68 Å². The van der Waals surface area contributed by atoms with Crippen LogP contribution in [-0.4, -0.2) is 29.0 Å². The van der Waals surface area contributed by atoms with Gasteiger partial charge < -0.3 is 9.47 Å². The normalized spacial score (nSPS) is 10.3. The van der Waals surface area contributed by atoms with Gasteiger partial charge in [-0.15, -0.1) is 0 Å². The van der Waals surface area contributed by atoms with E-state index in [2.05, 4.69) is 21.0 Å². The Balaban J connectivity index is 1.77. The van der Waals surface area contributed by atoms with Crippen LogP contribution in [0, 0.1) is 6.92 Å². The molecule has 20 heavy (non-hydrogen) atoms. The van der Waals surface area contributed by atoms with Crippen molar-refractivity contribution in [2.75, 3.05) is 13.2 Å². The van der Waals surface area contributed by atoms with Crippen LogP contribution in [-0.2, 0) is 11.8 Å². The number of esters is 1. The third-order valence-corrected chi connectivity index (χ3v) is 3.38. The van der Waals surface area contributed by atoms with E-state index in [1.807, 2.05) is 31.2 Å². The molecule has 0 aliphatic rings. The highest BCUT2D eigenvalue weighted by molar-refractivity contribution is 9.10. The Hall–Kier alpha value is -1.82. The van der Waals surface area contributed by atoms with Crippen LogP contribution in [0.1, 0.15) is 16.1 Å². The van der Waals surface area contributed by atoms with Gasteiger partial charge in [-0.05, 0) is 31.2 Å². The minimum absolute atomic E-state index is 0.198. The Morgan fingerprint density at radius 2 is 2.00 bits per heavy atom. The van der Waals surface area contributed by atoms with Crippen LogP contribution < -0.4 is 4.74 Å². The van der Waals surface area contributed by atoms with E-state index in [1.54, 1.807) is 11.7 Å². The van der Waals surface area contributed by atoms with Crippen LogP contribution in [0.15, 0.2) is 34.9 Å². The highest BCUT2D eigenvalue weighted by atomic mass is 79.9. The fraction of sp³-hybridized carbons (Fsp3) is 0.286. The Kier molecular flexibility index (Phi) is 4.79. The predicted octanol–water partition coefficient (Wildman–Crippen LogP) is 2.73. The van der Waals surface area contributed by atoms with Crippen LogP contribution >= 0.6 is 15.9 Å². The number of rotatable bonds is 5. The fourth-order valence-electron chi connectivity index (χ4n) is 1.60. The van der Waals surface area contributed by atoms with Crippen molar-refractivity contribution < 1.29 is 14.3 Å². The average molecular weight is 339 g/mol. The van der Waals surface area contributed by atoms with E-state index >= 15 is 0 Å². The summed E-state index contributed by atoms with van der Waals surface area (Å²) in [7, 11) is 1.78. The summed E-state index contributed by atoms with van der Waals surface area (Å²) in [6.07, 6.45) is 1.51. The second-order valence-electron chi connectivity index (χ2n) is 4.21. The molecule has 1 aromatic carbocycles. The second kappa shape index (κ2) is 6.56. The molecule has 0 saturated heterocycles. The zero-order valence-electron chi connectivity index (χ0n) is 11.3. The lowest BCUT2D eigenvalue weighted by Gasteiger charge is -2.07. The molecule has 0 aliphatic heterocycles. The molecule has 0 fully saturated rings. The number of aromatic nitrogens is 2. The summed E-state index contributed by atoms with van der Waals surface area (Å²) < 4.78 is 13.2. The minimum atomic E-state index is -0.380. The van der Waals surface area contributed by atoms with Gasteiger partial charge in [-0.1, -0.05) is 15.9 Å². The van der Waals surface area contributed by atoms with E-state index in [0.29, 0.717) is 12.2 Å². The van der Waals surface area contributed by atoms with E-state index in [9.17, 15) is 4.79 Å². The lowest BCUT2D eigenvalue weighted by atomic mass is 10.3. The van der Waals surface area contributed by atoms with Crippen molar-refractivity contribution in [1.82, 2.24) is 9.78 Å². The molecule has 2 rings (SSSR count). The van der Waals surface area contributed by atoms with Gasteiger partial charge in [0.2, 0.25) is 0 Å². The molecule has 0 bridgehead atoms. The van der Waals surface area contributed by atoms with Gasteiger partial charge in [-0.2, -0.15) is 5.10 Å². The van der Waals surface area contributed by atoms with Gasteiger partial charge in [-0.25, -0.2) is 4.79 Å². The van der Waals surface area contributed by atoms with E-state index in [-0.39, 0.29) is 12.6 Å². The summed E-state index contributed by atoms with van der Waals surface area (Å²) >= 11 is 3.35. The zero-order chi connectivity index (χ0) is 14.5. The van der Waals surface area contributed by atoms with Crippen LogP contribution in [0.25, 0.3) is 0 Å². The van der Waals surface area contributed by atoms with Crippen LogP contribution in [0.4, 0.5) is 0 Å². The Morgan fingerprint density at radius 3 is 2.60 bits per heavy atom. The molecule has 0 aliphatic carbocycles. The molecule has 5 nitrogen and oxygen atoms in total. The molecular weight excluding hydrogens is 324 g/mol. The average Bonchev–Trinajstić information content (AvgIpc) is 2.77. The van der Waals surface area contributed by atoms with E-state index in [1.165, 1.54) is 6.20 Å². The molecule has 0 saturated carbocycles. The number of carbonyl (C=O) groups is 1. The third kappa shape index (κ3) is 3.60. The molecule has 1 heterocycles. The highest BCUT2D eigenvalue weighted by Crippen LogP contribution is 2.16. The number of ether oxygens (including phenoxy) is 2. The lowest BCUT2D eigenvalue weighted by Crippen LogP contribution is -2.13. The van der Waals surface area contributed by atoms with Crippen LogP contribution in [0.2, 0.25) is 0 Å². The molecule has 0 radical (unpaired) electrons. The number of nitrogens with zero attached hydrogens (tertiary/aromatic N) is 2. The monoisotopic (exact) mass is 338 g/mol. The highest BCUT2D eigenvalue weighted by Gasteiger charge is 2.13. The summed E-state index contributed by atoms with van der Waals surface area (Å²) in [4.78, 5) is 11.8. The van der Waals surface area contributed by atoms with E-state index in [4.69, 9.17) is 9.47 Å². The predicted molar refractivity (Wildman–Crippen MR) is 77.9 cm³/mol. The van der Waals surface area contributed by atoms with Crippen LogP contribution in [0.5, 0.6) is 5.75 Å². The maximum atomic E-state index is 11.8. The SMILES string of the molecule is Cc1c(C(=O)OCCOc2ccc(Br)cc2)cnn1C. The summed E-state index contributed by atoms with van der Waals surface area (Å²) in [5, 5.41) is 4.00. The van der Waals surface area contributed by atoms with Gasteiger partial charge in [0.15, 0.2) is 0 Å². The first-order valence-electron chi connectivity index (χ1n) is 6.12. The summed E-state index contributed by atoms with van der Waals surface area (Å²) in [6.45, 7) is 2.33. The number of hydrogen-bond donors (Lipinski definition) is 0. The van der Waals surface area contributed by atoms with E-state index in [0.717, 1.165) is 15.9 Å². The van der Waals surface area contributed by atoms with Gasteiger partial charge in [0.25, 0.3) is 0 Å². The molecule has 0 amide bonds. The zero-order valence-corrected chi connectivity index (χ0v) is 12.9. The number of carbonyl (C=O) groups excluding carboxylic acids is 1. The van der Waals surface area contributed by atoms with Crippen molar-refractivity contribution in [2.24, 2.45) is 7.05 Å². The number of benzene rings is 1. The van der Waals surface area contributed by atoms with Gasteiger partial charge in [0.1, 0.15) is 24.5 Å². The standard InChI is InChI=1S/C14H15BrN2O3/c1-10-13(9-16-17(10)2)14(18)20-8-7-19-12-5-3-11(15)4-6-12/h3-6,9H,7-8H2,1-2H3. The lowest BCUT2D eigenvalue weighted by molar-refractivity contribution is 0.0449. The van der Waals surface area contributed by atoms with Crippen molar-refractivity contribution in [3.63, 3.8) is 0 Å². The van der Waals surface area contributed by atoms with E-state index < -0.39 is 0 Å². The number of hydrogen-bond acceptors (Lipinski definition) is 4. The molecule has 0 N–H and O–H groups in total. The molecule has 0 unspecified atom stereocenters. The van der Waals surface area contributed by atoms with Crippen molar-refractivity contribution in [3.05, 3.63) is 46.2 Å². The quantitative estimate of drug-likeness (QED) is 0.621. The van der Waals surface area contributed by atoms with Gasteiger partial charge in [0, 0.05) is 17.2 Å². The largest absolute Gasteiger partial charge is 0.490 e. The Morgan fingerprint density at radius 1 is 1.30 bits per heavy atom. The van der Waals surface area contributed by atoms with Crippen molar-refractivity contribution in [2.45, 2.75) is 6.92 Å². The topological polar surface area (TPSA) is 53.4 Å². The molecule has 1 aromatic heterocycles. The summed E-state index contributed by atoms with van der Waals surface area (Å²) in [5.74, 6) is 0.358. The number of halogens is 1. The fourth-order valence-corrected chi connectivity index (χ4v) is 1.87. The molecular formula is C14H15BrN2O3. The molecule has 2 aromatic rings. The van der Waals surface area contributed by atoms with Crippen molar-refractivity contribution in [1.29, 1.82) is 0 Å². The molecule has 6 heteroatoms. The maximum Gasteiger partial charge on any atom is 0.341 e. The summed E-state index contributed by atoms with van der Waals surface area (Å²) in [5.41, 5.74) is 1.26. The van der Waals surface area contributed by atoms with Crippen molar-refractivity contribution in [3.8, 4) is 5.75 Å². The van der Waals surface area contributed by atoms with Crippen molar-refractivity contribution >= 4 is 21.9 Å². The molecule has 0 atom stereocenters. The number of aryl methyl sites for hydroxylation is 1. The first-order chi connectivity index (χ1) is 9.58. The second-order valence-corrected chi connectivity index (χ2v) is 5.12. The molecule has 106 valence electrons. The minimum Gasteiger partial charge on any atom is -0.490 e. The first kappa shape index (κ1) is 14.6. The van der Waals surface area contributed by atoms with Gasteiger partial charge in [0.05, 0.1) is 6.20 Å². The third-order valence-electron chi connectivity index (χ3n) is 2.85. The molecule has 0 spiro atoms.